The molecule has 1 amide bonds. The summed E-state index contributed by atoms with van der Waals surface area (Å²) in [4.78, 5) is 26.7. The number of carbonyl (C=O) groups excluding carboxylic acids is 1. The number of rotatable bonds is 5. The number of hydrogen-bond acceptors (Lipinski definition) is 5. The third-order valence-corrected chi connectivity index (χ3v) is 3.68. The summed E-state index contributed by atoms with van der Waals surface area (Å²) in [7, 11) is 3.90. The van der Waals surface area contributed by atoms with Crippen LogP contribution in [0, 0.1) is 11.3 Å². The SMILES string of the molecule is CC(NC(=O)/C(C#N)=C\N(C)C1CCN(C)CC1)C(=O)O. The molecule has 1 aliphatic rings. The molecule has 1 atom stereocenters. The number of carboxylic acids is 1. The van der Waals surface area contributed by atoms with Crippen LogP contribution in [-0.2, 0) is 9.59 Å². The second kappa shape index (κ2) is 7.64. The number of carbonyl (C=O) groups is 2. The maximum atomic E-state index is 11.9. The summed E-state index contributed by atoms with van der Waals surface area (Å²) in [5.74, 6) is -1.79. The van der Waals surface area contributed by atoms with E-state index in [4.69, 9.17) is 10.4 Å². The fraction of sp³-hybridized carbons (Fsp3) is 0.643. The quantitative estimate of drug-likeness (QED) is 0.547. The standard InChI is InChI=1S/C14H22N4O3/c1-10(14(20)21)16-13(19)11(8-15)9-18(3)12-4-6-17(2)7-5-12/h9-10,12H,4-7H2,1-3H3,(H,16,19)(H,20,21)/b11-9-. The number of piperidine rings is 1. The van der Waals surface area contributed by atoms with Gasteiger partial charge in [-0.25, -0.2) is 0 Å². The van der Waals surface area contributed by atoms with Gasteiger partial charge in [0.05, 0.1) is 0 Å². The molecule has 7 nitrogen and oxygen atoms in total. The van der Waals surface area contributed by atoms with Gasteiger partial charge in [-0.15, -0.1) is 0 Å². The van der Waals surface area contributed by atoms with Crippen LogP contribution in [0.2, 0.25) is 0 Å². The number of nitriles is 1. The minimum absolute atomic E-state index is 0.0791. The van der Waals surface area contributed by atoms with Crippen molar-refractivity contribution in [3.63, 3.8) is 0 Å². The molecule has 0 aromatic carbocycles. The maximum absolute atomic E-state index is 11.9. The van der Waals surface area contributed by atoms with Gasteiger partial charge < -0.3 is 20.2 Å². The molecule has 116 valence electrons. The second-order valence-corrected chi connectivity index (χ2v) is 5.39. The molecule has 1 rings (SSSR count). The van der Waals surface area contributed by atoms with Crippen LogP contribution in [0.4, 0.5) is 0 Å². The normalized spacial score (nSPS) is 18.7. The highest BCUT2D eigenvalue weighted by atomic mass is 16.4. The molecule has 21 heavy (non-hydrogen) atoms. The monoisotopic (exact) mass is 294 g/mol. The Morgan fingerprint density at radius 1 is 1.48 bits per heavy atom. The maximum Gasteiger partial charge on any atom is 0.325 e. The Labute approximate surface area is 124 Å². The summed E-state index contributed by atoms with van der Waals surface area (Å²) in [5.41, 5.74) is -0.0791. The molecule has 1 heterocycles. The number of hydrogen-bond donors (Lipinski definition) is 2. The second-order valence-electron chi connectivity index (χ2n) is 5.39. The molecule has 2 N–H and O–H groups in total. The van der Waals surface area contributed by atoms with Crippen molar-refractivity contribution < 1.29 is 14.7 Å². The first-order chi connectivity index (χ1) is 9.85. The van der Waals surface area contributed by atoms with Crippen molar-refractivity contribution in [1.29, 1.82) is 5.26 Å². The fourth-order valence-corrected chi connectivity index (χ4v) is 2.19. The molecule has 1 unspecified atom stereocenters. The van der Waals surface area contributed by atoms with E-state index in [1.165, 1.54) is 13.1 Å². The third-order valence-electron chi connectivity index (χ3n) is 3.68. The number of nitrogens with zero attached hydrogens (tertiary/aromatic N) is 3. The highest BCUT2D eigenvalue weighted by Gasteiger charge is 2.21. The average Bonchev–Trinajstić information content (AvgIpc) is 2.44. The van der Waals surface area contributed by atoms with Gasteiger partial charge in [-0.3, -0.25) is 9.59 Å². The van der Waals surface area contributed by atoms with Gasteiger partial charge in [0.25, 0.3) is 5.91 Å². The highest BCUT2D eigenvalue weighted by Crippen LogP contribution is 2.15. The molecule has 1 aliphatic heterocycles. The topological polar surface area (TPSA) is 96.7 Å². The Morgan fingerprint density at radius 2 is 2.05 bits per heavy atom. The van der Waals surface area contributed by atoms with Gasteiger partial charge >= 0.3 is 5.97 Å². The summed E-state index contributed by atoms with van der Waals surface area (Å²) in [6.45, 7) is 3.32. The molecule has 0 spiro atoms. The first kappa shape index (κ1) is 17.0. The number of nitrogens with one attached hydrogen (secondary N) is 1. The lowest BCUT2D eigenvalue weighted by atomic mass is 10.0. The van der Waals surface area contributed by atoms with E-state index in [9.17, 15) is 9.59 Å². The summed E-state index contributed by atoms with van der Waals surface area (Å²) in [5, 5.41) is 20.1. The van der Waals surface area contributed by atoms with Crippen molar-refractivity contribution in [2.24, 2.45) is 0 Å². The lowest BCUT2D eigenvalue weighted by Crippen LogP contribution is -2.41. The Morgan fingerprint density at radius 3 is 2.52 bits per heavy atom. The van der Waals surface area contributed by atoms with E-state index in [2.05, 4.69) is 17.3 Å². The first-order valence-corrected chi connectivity index (χ1v) is 6.91. The van der Waals surface area contributed by atoms with E-state index in [0.717, 1.165) is 25.9 Å². The molecule has 0 bridgehead atoms. The molecule has 0 aliphatic carbocycles. The zero-order chi connectivity index (χ0) is 16.0. The molecule has 1 fully saturated rings. The first-order valence-electron chi connectivity index (χ1n) is 6.91. The number of aliphatic carboxylic acids is 1. The zero-order valence-electron chi connectivity index (χ0n) is 12.7. The van der Waals surface area contributed by atoms with Gasteiger partial charge in [0, 0.05) is 19.3 Å². The highest BCUT2D eigenvalue weighted by molar-refractivity contribution is 5.99. The number of likely N-dealkylation sites (tertiary alicyclic amines) is 1. The Bertz CT molecular complexity index is 461. The van der Waals surface area contributed by atoms with Crippen molar-refractivity contribution in [2.75, 3.05) is 27.2 Å². The van der Waals surface area contributed by atoms with Gasteiger partial charge in [-0.05, 0) is 39.9 Å². The average molecular weight is 294 g/mol. The summed E-state index contributed by atoms with van der Waals surface area (Å²) in [6.07, 6.45) is 3.44. The fourth-order valence-electron chi connectivity index (χ4n) is 2.19. The van der Waals surface area contributed by atoms with E-state index in [-0.39, 0.29) is 11.6 Å². The Hall–Kier alpha value is -2.07. The predicted octanol–water partition coefficient (Wildman–Crippen LogP) is 0.00918. The molecule has 0 saturated carbocycles. The smallest absolute Gasteiger partial charge is 0.325 e. The zero-order valence-corrected chi connectivity index (χ0v) is 12.7. The summed E-state index contributed by atoms with van der Waals surface area (Å²) >= 11 is 0. The summed E-state index contributed by atoms with van der Waals surface area (Å²) < 4.78 is 0. The molecule has 1 saturated heterocycles. The van der Waals surface area contributed by atoms with Crippen molar-refractivity contribution in [3.05, 3.63) is 11.8 Å². The van der Waals surface area contributed by atoms with Gasteiger partial charge in [0.1, 0.15) is 17.7 Å². The molecular formula is C14H22N4O3. The molecule has 0 radical (unpaired) electrons. The number of amides is 1. The van der Waals surface area contributed by atoms with Gasteiger partial charge in [0.2, 0.25) is 0 Å². The van der Waals surface area contributed by atoms with Crippen LogP contribution in [0.25, 0.3) is 0 Å². The van der Waals surface area contributed by atoms with Gasteiger partial charge in [-0.2, -0.15) is 5.26 Å². The van der Waals surface area contributed by atoms with Crippen LogP contribution in [0.15, 0.2) is 11.8 Å². The Balaban J connectivity index is 2.68. The van der Waals surface area contributed by atoms with Crippen LogP contribution >= 0.6 is 0 Å². The van der Waals surface area contributed by atoms with E-state index in [1.807, 2.05) is 18.0 Å². The van der Waals surface area contributed by atoms with Crippen molar-refractivity contribution in [1.82, 2.24) is 15.1 Å². The van der Waals surface area contributed by atoms with Crippen LogP contribution in [0.1, 0.15) is 19.8 Å². The van der Waals surface area contributed by atoms with Crippen LogP contribution in [0.3, 0.4) is 0 Å². The lowest BCUT2D eigenvalue weighted by molar-refractivity contribution is -0.140. The molecule has 0 aromatic heterocycles. The van der Waals surface area contributed by atoms with Crippen molar-refractivity contribution >= 4 is 11.9 Å². The lowest BCUT2D eigenvalue weighted by Gasteiger charge is -2.34. The third kappa shape index (κ3) is 5.08. The molecule has 7 heteroatoms. The minimum atomic E-state index is -1.13. The molecule has 0 aromatic rings. The van der Waals surface area contributed by atoms with Gasteiger partial charge in [0.15, 0.2) is 0 Å². The molecular weight excluding hydrogens is 272 g/mol. The van der Waals surface area contributed by atoms with E-state index in [1.54, 1.807) is 0 Å². The van der Waals surface area contributed by atoms with E-state index >= 15 is 0 Å². The van der Waals surface area contributed by atoms with Crippen LogP contribution < -0.4 is 5.32 Å². The summed E-state index contributed by atoms with van der Waals surface area (Å²) in [6, 6.07) is 1.09. The predicted molar refractivity (Wildman–Crippen MR) is 77.2 cm³/mol. The largest absolute Gasteiger partial charge is 0.480 e. The van der Waals surface area contributed by atoms with Crippen molar-refractivity contribution in [3.8, 4) is 6.07 Å². The number of carboxylic acid groups (broad SMARTS) is 1. The Kier molecular flexibility index (Phi) is 6.18. The van der Waals surface area contributed by atoms with Crippen LogP contribution in [-0.4, -0.2) is 66.1 Å². The van der Waals surface area contributed by atoms with Crippen LogP contribution in [0.5, 0.6) is 0 Å². The van der Waals surface area contributed by atoms with Gasteiger partial charge in [-0.1, -0.05) is 0 Å². The van der Waals surface area contributed by atoms with E-state index < -0.39 is 17.9 Å². The van der Waals surface area contributed by atoms with Crippen molar-refractivity contribution in [2.45, 2.75) is 31.8 Å². The van der Waals surface area contributed by atoms with E-state index in [0.29, 0.717) is 0 Å². The minimum Gasteiger partial charge on any atom is -0.480 e.